The van der Waals surface area contributed by atoms with Gasteiger partial charge in [0.25, 0.3) is 0 Å². The van der Waals surface area contributed by atoms with Crippen molar-refractivity contribution in [3.63, 3.8) is 0 Å². The van der Waals surface area contributed by atoms with Crippen molar-refractivity contribution < 1.29 is 23.8 Å². The Kier molecular flexibility index (Phi) is 3.22. The zero-order chi connectivity index (χ0) is 14.1. The number of esters is 1. The van der Waals surface area contributed by atoms with Gasteiger partial charge < -0.3 is 19.1 Å². The summed E-state index contributed by atoms with van der Waals surface area (Å²) >= 11 is 0. The Balaban J connectivity index is 1.77. The van der Waals surface area contributed by atoms with Crippen molar-refractivity contribution in [2.24, 2.45) is 5.92 Å². The maximum absolute atomic E-state index is 12.0. The molecule has 1 aromatic carbocycles. The first kappa shape index (κ1) is 12.8. The highest BCUT2D eigenvalue weighted by atomic mass is 16.7. The minimum atomic E-state index is -0.395. The molecule has 0 radical (unpaired) electrons. The summed E-state index contributed by atoms with van der Waals surface area (Å²) in [6.45, 7) is 2.62. The van der Waals surface area contributed by atoms with Gasteiger partial charge in [-0.15, -0.1) is 0 Å². The summed E-state index contributed by atoms with van der Waals surface area (Å²) in [5.41, 5.74) is 0.714. The van der Waals surface area contributed by atoms with Crippen LogP contribution in [0.2, 0.25) is 0 Å². The number of hydrogen-bond donors (Lipinski definition) is 0. The average Bonchev–Trinajstić information content (AvgIpc) is 3.04. The van der Waals surface area contributed by atoms with Crippen molar-refractivity contribution in [2.75, 3.05) is 24.8 Å². The molecule has 0 aromatic heterocycles. The molecule has 0 saturated carbocycles. The number of rotatable bonds is 3. The summed E-state index contributed by atoms with van der Waals surface area (Å²) in [5.74, 6) is 0.496. The predicted molar refractivity (Wildman–Crippen MR) is 69.7 cm³/mol. The Morgan fingerprint density at radius 1 is 1.40 bits per heavy atom. The third-order valence-corrected chi connectivity index (χ3v) is 3.41. The van der Waals surface area contributed by atoms with Crippen LogP contribution in [0.15, 0.2) is 18.2 Å². The molecule has 6 heteroatoms. The fourth-order valence-electron chi connectivity index (χ4n) is 2.43. The molecule has 106 valence electrons. The Morgan fingerprint density at radius 2 is 2.20 bits per heavy atom. The third-order valence-electron chi connectivity index (χ3n) is 3.41. The number of carbonyl (C=O) groups is 2. The molecular weight excluding hydrogens is 262 g/mol. The van der Waals surface area contributed by atoms with Crippen molar-refractivity contribution in [1.82, 2.24) is 0 Å². The van der Waals surface area contributed by atoms with Crippen molar-refractivity contribution in [3.05, 3.63) is 18.2 Å². The van der Waals surface area contributed by atoms with Gasteiger partial charge in [-0.3, -0.25) is 9.59 Å². The summed E-state index contributed by atoms with van der Waals surface area (Å²) in [7, 11) is 0. The number of nitrogens with zero attached hydrogens (tertiary/aromatic N) is 1. The zero-order valence-corrected chi connectivity index (χ0v) is 11.1. The number of amides is 1. The van der Waals surface area contributed by atoms with Gasteiger partial charge in [-0.2, -0.15) is 0 Å². The van der Waals surface area contributed by atoms with Crippen LogP contribution in [-0.4, -0.2) is 31.8 Å². The zero-order valence-electron chi connectivity index (χ0n) is 11.1. The summed E-state index contributed by atoms with van der Waals surface area (Å²) in [6.07, 6.45) is 0.188. The molecule has 0 bridgehead atoms. The highest BCUT2D eigenvalue weighted by Gasteiger charge is 2.36. The molecule has 0 N–H and O–H groups in total. The summed E-state index contributed by atoms with van der Waals surface area (Å²) in [5, 5.41) is 0. The van der Waals surface area contributed by atoms with Gasteiger partial charge >= 0.3 is 5.97 Å². The van der Waals surface area contributed by atoms with Gasteiger partial charge in [-0.25, -0.2) is 0 Å². The summed E-state index contributed by atoms with van der Waals surface area (Å²) in [6, 6.07) is 5.31. The van der Waals surface area contributed by atoms with Crippen LogP contribution >= 0.6 is 0 Å². The molecule has 1 unspecified atom stereocenters. The second-order valence-corrected chi connectivity index (χ2v) is 4.70. The van der Waals surface area contributed by atoms with E-state index >= 15 is 0 Å². The molecular formula is C14H15NO5. The molecule has 2 aliphatic heterocycles. The molecule has 6 nitrogen and oxygen atoms in total. The van der Waals surface area contributed by atoms with Crippen LogP contribution < -0.4 is 14.4 Å². The molecule has 1 atom stereocenters. The fraction of sp³-hybridized carbons (Fsp3) is 0.429. The van der Waals surface area contributed by atoms with Gasteiger partial charge in [0.2, 0.25) is 12.7 Å². The van der Waals surface area contributed by atoms with E-state index in [4.69, 9.17) is 14.2 Å². The van der Waals surface area contributed by atoms with Crippen molar-refractivity contribution in [2.45, 2.75) is 13.3 Å². The van der Waals surface area contributed by atoms with E-state index in [0.29, 0.717) is 30.3 Å². The lowest BCUT2D eigenvalue weighted by Gasteiger charge is -2.16. The van der Waals surface area contributed by atoms with Gasteiger partial charge in [0.15, 0.2) is 11.5 Å². The van der Waals surface area contributed by atoms with E-state index < -0.39 is 5.92 Å². The number of hydrogen-bond acceptors (Lipinski definition) is 5. The largest absolute Gasteiger partial charge is 0.466 e. The third kappa shape index (κ3) is 2.17. The Hall–Kier alpha value is -2.24. The lowest BCUT2D eigenvalue weighted by atomic mass is 10.1. The van der Waals surface area contributed by atoms with E-state index in [1.807, 2.05) is 0 Å². The van der Waals surface area contributed by atoms with E-state index in [-0.39, 0.29) is 25.1 Å². The number of anilines is 1. The molecule has 1 fully saturated rings. The van der Waals surface area contributed by atoms with E-state index in [2.05, 4.69) is 0 Å². The normalized spacial score (nSPS) is 20.4. The van der Waals surface area contributed by atoms with Gasteiger partial charge in [0.1, 0.15) is 0 Å². The van der Waals surface area contributed by atoms with Crippen LogP contribution in [0.5, 0.6) is 11.5 Å². The lowest BCUT2D eigenvalue weighted by Crippen LogP contribution is -2.26. The number of ether oxygens (including phenoxy) is 3. The first-order valence-corrected chi connectivity index (χ1v) is 6.55. The van der Waals surface area contributed by atoms with Crippen molar-refractivity contribution in [1.29, 1.82) is 0 Å². The average molecular weight is 277 g/mol. The quantitative estimate of drug-likeness (QED) is 0.780. The molecule has 2 heterocycles. The SMILES string of the molecule is CCOC(=O)C1CC(=O)N(c2ccc3c(c2)OCO3)C1. The van der Waals surface area contributed by atoms with Gasteiger partial charge in [0.05, 0.1) is 12.5 Å². The maximum atomic E-state index is 12.0. The van der Waals surface area contributed by atoms with Gasteiger partial charge in [0, 0.05) is 24.7 Å². The van der Waals surface area contributed by atoms with Crippen LogP contribution in [-0.2, 0) is 14.3 Å². The maximum Gasteiger partial charge on any atom is 0.311 e. The fourth-order valence-corrected chi connectivity index (χ4v) is 2.43. The van der Waals surface area contributed by atoms with E-state index in [9.17, 15) is 9.59 Å². The first-order valence-electron chi connectivity index (χ1n) is 6.55. The van der Waals surface area contributed by atoms with Crippen LogP contribution in [0, 0.1) is 5.92 Å². The molecule has 20 heavy (non-hydrogen) atoms. The van der Waals surface area contributed by atoms with Crippen LogP contribution in [0.3, 0.4) is 0 Å². The topological polar surface area (TPSA) is 65.1 Å². The molecule has 1 amide bonds. The van der Waals surface area contributed by atoms with Crippen LogP contribution in [0.1, 0.15) is 13.3 Å². The van der Waals surface area contributed by atoms with E-state index in [0.717, 1.165) is 0 Å². The highest BCUT2D eigenvalue weighted by Crippen LogP contribution is 2.37. The predicted octanol–water partition coefficient (Wildman–Crippen LogP) is 1.33. The van der Waals surface area contributed by atoms with Gasteiger partial charge in [-0.1, -0.05) is 0 Å². The number of benzene rings is 1. The molecule has 0 spiro atoms. The number of carbonyl (C=O) groups excluding carboxylic acids is 2. The number of fused-ring (bicyclic) bond motifs is 1. The van der Waals surface area contributed by atoms with Crippen molar-refractivity contribution in [3.8, 4) is 11.5 Å². The standard InChI is InChI=1S/C14H15NO5/c1-2-18-14(17)9-5-13(16)15(7-9)10-3-4-11-12(6-10)20-8-19-11/h3-4,6,9H,2,5,7-8H2,1H3. The van der Waals surface area contributed by atoms with Gasteiger partial charge in [-0.05, 0) is 19.1 Å². The molecule has 1 aromatic rings. The molecule has 2 aliphatic rings. The van der Waals surface area contributed by atoms with Crippen LogP contribution in [0.4, 0.5) is 5.69 Å². The monoisotopic (exact) mass is 277 g/mol. The second-order valence-electron chi connectivity index (χ2n) is 4.70. The Labute approximate surface area is 116 Å². The van der Waals surface area contributed by atoms with E-state index in [1.165, 1.54) is 0 Å². The Morgan fingerprint density at radius 3 is 3.00 bits per heavy atom. The highest BCUT2D eigenvalue weighted by molar-refractivity contribution is 5.99. The minimum absolute atomic E-state index is 0.0816. The molecule has 1 saturated heterocycles. The molecule has 3 rings (SSSR count). The molecule has 0 aliphatic carbocycles. The van der Waals surface area contributed by atoms with E-state index in [1.54, 1.807) is 30.0 Å². The first-order chi connectivity index (χ1) is 9.69. The van der Waals surface area contributed by atoms with Crippen molar-refractivity contribution >= 4 is 17.6 Å². The smallest absolute Gasteiger partial charge is 0.311 e. The summed E-state index contributed by atoms with van der Waals surface area (Å²) in [4.78, 5) is 25.3. The second kappa shape index (κ2) is 5.03. The Bertz CT molecular complexity index is 556. The lowest BCUT2D eigenvalue weighted by molar-refractivity contribution is -0.147. The van der Waals surface area contributed by atoms with Crippen LogP contribution in [0.25, 0.3) is 0 Å². The summed E-state index contributed by atoms with van der Waals surface area (Å²) < 4.78 is 15.5. The minimum Gasteiger partial charge on any atom is -0.466 e.